The summed E-state index contributed by atoms with van der Waals surface area (Å²) in [6.07, 6.45) is -3.45. The van der Waals surface area contributed by atoms with Crippen LogP contribution in [-0.2, 0) is 0 Å². The molecule has 1 fully saturated rings. The van der Waals surface area contributed by atoms with Crippen LogP contribution < -0.4 is 0 Å². The summed E-state index contributed by atoms with van der Waals surface area (Å²) in [5.74, 6) is 0. The van der Waals surface area contributed by atoms with Gasteiger partial charge in [-0.3, -0.25) is 0 Å². The molecule has 0 aliphatic carbocycles. The quantitative estimate of drug-likeness (QED) is 0.544. The first kappa shape index (κ1) is 17.9. The number of thioether (sulfide) groups is 2. The lowest BCUT2D eigenvalue weighted by Gasteiger charge is -2.28. The molecule has 1 aliphatic rings. The predicted molar refractivity (Wildman–Crippen MR) is 79.7 cm³/mol. The monoisotopic (exact) mass is 357 g/mol. The first-order valence-corrected chi connectivity index (χ1v) is 8.46. The summed E-state index contributed by atoms with van der Waals surface area (Å²) in [6, 6.07) is 5.86. The van der Waals surface area contributed by atoms with Crippen molar-refractivity contribution < 1.29 is 22.0 Å². The fraction of sp³-hybridized carbons (Fsp3) is 0.571. The van der Waals surface area contributed by atoms with Crippen LogP contribution in [0.4, 0.5) is 22.0 Å². The van der Waals surface area contributed by atoms with Gasteiger partial charge in [-0.05, 0) is 69.0 Å². The number of hydrogen-bond donors (Lipinski definition) is 0. The maximum absolute atomic E-state index is 13.0. The summed E-state index contributed by atoms with van der Waals surface area (Å²) in [6.45, 7) is 2.03. The summed E-state index contributed by atoms with van der Waals surface area (Å²) in [5.41, 5.74) is 0. The van der Waals surface area contributed by atoms with E-state index in [1.54, 1.807) is 23.9 Å². The van der Waals surface area contributed by atoms with Crippen molar-refractivity contribution >= 4 is 23.5 Å². The molecule has 0 saturated carbocycles. The lowest BCUT2D eigenvalue weighted by molar-refractivity contribution is -0.237. The SMILES string of the molecule is CN1CCC(Sc2ccc(SC(F)(F)C(F)(F)F)cc2)CC1. The molecule has 1 aliphatic heterocycles. The van der Waals surface area contributed by atoms with Gasteiger partial charge in [0.15, 0.2) is 0 Å². The molecule has 0 unspecified atom stereocenters. The van der Waals surface area contributed by atoms with Crippen LogP contribution in [0.2, 0.25) is 0 Å². The Morgan fingerprint density at radius 2 is 1.45 bits per heavy atom. The molecular formula is C14H16F5NS2. The molecule has 0 radical (unpaired) electrons. The van der Waals surface area contributed by atoms with Crippen molar-refractivity contribution in [3.05, 3.63) is 24.3 Å². The molecule has 0 N–H and O–H groups in total. The number of nitrogens with zero attached hydrogens (tertiary/aromatic N) is 1. The highest BCUT2D eigenvalue weighted by molar-refractivity contribution is 8.00. The third-order valence-corrected chi connectivity index (χ3v) is 5.71. The smallest absolute Gasteiger partial charge is 0.306 e. The minimum atomic E-state index is -5.54. The van der Waals surface area contributed by atoms with Crippen molar-refractivity contribution in [2.45, 2.75) is 39.3 Å². The highest BCUT2D eigenvalue weighted by atomic mass is 32.2. The Hall–Kier alpha value is -0.470. The van der Waals surface area contributed by atoms with Crippen molar-refractivity contribution in [1.82, 2.24) is 4.90 Å². The largest absolute Gasteiger partial charge is 0.464 e. The van der Waals surface area contributed by atoms with E-state index >= 15 is 0 Å². The fourth-order valence-corrected chi connectivity index (χ4v) is 3.90. The first-order valence-electron chi connectivity index (χ1n) is 6.76. The lowest BCUT2D eigenvalue weighted by atomic mass is 10.1. The molecule has 0 atom stereocenters. The molecular weight excluding hydrogens is 341 g/mol. The zero-order valence-electron chi connectivity index (χ0n) is 11.9. The van der Waals surface area contributed by atoms with E-state index in [0.717, 1.165) is 30.8 Å². The van der Waals surface area contributed by atoms with Gasteiger partial charge in [0.05, 0.1) is 0 Å². The lowest BCUT2D eigenvalue weighted by Crippen LogP contribution is -2.32. The van der Waals surface area contributed by atoms with Crippen LogP contribution >= 0.6 is 23.5 Å². The Labute approximate surface area is 134 Å². The molecule has 22 heavy (non-hydrogen) atoms. The number of benzene rings is 1. The van der Waals surface area contributed by atoms with Gasteiger partial charge in [0, 0.05) is 15.0 Å². The fourth-order valence-electron chi connectivity index (χ4n) is 2.09. The van der Waals surface area contributed by atoms with E-state index in [1.807, 2.05) is 0 Å². The van der Waals surface area contributed by atoms with Crippen LogP contribution in [0.25, 0.3) is 0 Å². The molecule has 1 saturated heterocycles. The van der Waals surface area contributed by atoms with Crippen LogP contribution in [0.5, 0.6) is 0 Å². The maximum Gasteiger partial charge on any atom is 0.464 e. The third kappa shape index (κ3) is 4.76. The molecule has 8 heteroatoms. The van der Waals surface area contributed by atoms with Crippen LogP contribution in [0.15, 0.2) is 34.1 Å². The van der Waals surface area contributed by atoms with Crippen molar-refractivity contribution in [3.63, 3.8) is 0 Å². The molecule has 1 nitrogen and oxygen atoms in total. The predicted octanol–water partition coefficient (Wildman–Crippen LogP) is 5.12. The zero-order valence-corrected chi connectivity index (χ0v) is 13.5. The number of hydrogen-bond acceptors (Lipinski definition) is 3. The summed E-state index contributed by atoms with van der Waals surface area (Å²) < 4.78 is 62.4. The Morgan fingerprint density at radius 1 is 0.955 bits per heavy atom. The normalized spacial score (nSPS) is 18.6. The molecule has 0 bridgehead atoms. The van der Waals surface area contributed by atoms with Crippen molar-refractivity contribution in [3.8, 4) is 0 Å². The highest BCUT2D eigenvalue weighted by Gasteiger charge is 2.58. The summed E-state index contributed by atoms with van der Waals surface area (Å²) >= 11 is 1.19. The van der Waals surface area contributed by atoms with E-state index in [0.29, 0.717) is 5.25 Å². The number of halogens is 5. The van der Waals surface area contributed by atoms with E-state index in [1.165, 1.54) is 12.1 Å². The Balaban J connectivity index is 1.93. The molecule has 0 aromatic heterocycles. The van der Waals surface area contributed by atoms with Crippen LogP contribution in [0.1, 0.15) is 12.8 Å². The second-order valence-corrected chi connectivity index (χ2v) is 7.77. The van der Waals surface area contributed by atoms with Gasteiger partial charge in [-0.15, -0.1) is 11.8 Å². The Morgan fingerprint density at radius 3 is 1.95 bits per heavy atom. The highest BCUT2D eigenvalue weighted by Crippen LogP contribution is 2.47. The van der Waals surface area contributed by atoms with Crippen molar-refractivity contribution in [2.24, 2.45) is 0 Å². The van der Waals surface area contributed by atoms with Gasteiger partial charge >= 0.3 is 11.4 Å². The Kier molecular flexibility index (Phi) is 5.66. The number of piperidine rings is 1. The second kappa shape index (κ2) is 6.97. The minimum Gasteiger partial charge on any atom is -0.306 e. The van der Waals surface area contributed by atoms with Crippen molar-refractivity contribution in [1.29, 1.82) is 0 Å². The van der Waals surface area contributed by atoms with Gasteiger partial charge in [0.25, 0.3) is 0 Å². The average Bonchev–Trinajstić information content (AvgIpc) is 2.42. The van der Waals surface area contributed by atoms with Crippen LogP contribution in [0.3, 0.4) is 0 Å². The van der Waals surface area contributed by atoms with Gasteiger partial charge in [0.1, 0.15) is 0 Å². The van der Waals surface area contributed by atoms with Gasteiger partial charge in [-0.2, -0.15) is 22.0 Å². The summed E-state index contributed by atoms with van der Waals surface area (Å²) in [5, 5.41) is -4.30. The van der Waals surface area contributed by atoms with Gasteiger partial charge in [-0.25, -0.2) is 0 Å². The van der Waals surface area contributed by atoms with E-state index in [9.17, 15) is 22.0 Å². The van der Waals surface area contributed by atoms with E-state index in [4.69, 9.17) is 0 Å². The Bertz CT molecular complexity index is 481. The molecule has 1 aromatic rings. The topological polar surface area (TPSA) is 3.24 Å². The first-order chi connectivity index (χ1) is 10.2. The molecule has 124 valence electrons. The molecule has 1 aromatic carbocycles. The molecule has 0 spiro atoms. The average molecular weight is 357 g/mol. The minimum absolute atomic E-state index is 0.0879. The van der Waals surface area contributed by atoms with Gasteiger partial charge < -0.3 is 4.90 Å². The second-order valence-electron chi connectivity index (χ2n) is 5.21. The van der Waals surface area contributed by atoms with Crippen molar-refractivity contribution in [2.75, 3.05) is 20.1 Å². The zero-order chi connectivity index (χ0) is 16.4. The van der Waals surface area contributed by atoms with E-state index < -0.39 is 23.2 Å². The molecule has 0 amide bonds. The van der Waals surface area contributed by atoms with E-state index in [-0.39, 0.29) is 4.90 Å². The van der Waals surface area contributed by atoms with Crippen LogP contribution in [-0.4, -0.2) is 41.7 Å². The maximum atomic E-state index is 13.0. The molecule has 1 heterocycles. The summed E-state index contributed by atoms with van der Waals surface area (Å²) in [4.78, 5) is 3.06. The summed E-state index contributed by atoms with van der Waals surface area (Å²) in [7, 11) is 2.06. The van der Waals surface area contributed by atoms with Gasteiger partial charge in [-0.1, -0.05) is 0 Å². The van der Waals surface area contributed by atoms with E-state index in [2.05, 4.69) is 11.9 Å². The molecule has 2 rings (SSSR count). The third-order valence-electron chi connectivity index (χ3n) is 3.37. The number of rotatable bonds is 4. The standard InChI is InChI=1S/C14H16F5NS2/c1-20-8-6-11(7-9-20)21-10-2-4-12(5-3-10)22-14(18,19)13(15,16)17/h2-5,11H,6-9H2,1H3. The number of alkyl halides is 5. The van der Waals surface area contributed by atoms with Gasteiger partial charge in [0.2, 0.25) is 0 Å². The number of likely N-dealkylation sites (tertiary alicyclic amines) is 1. The van der Waals surface area contributed by atoms with Crippen LogP contribution in [0, 0.1) is 0 Å².